The van der Waals surface area contributed by atoms with E-state index in [-0.39, 0.29) is 104 Å². The van der Waals surface area contributed by atoms with Gasteiger partial charge in [0, 0.05) is 17.8 Å². The molecule has 2 unspecified atom stereocenters. The lowest BCUT2D eigenvalue weighted by Crippen LogP contribution is -2.42. The van der Waals surface area contributed by atoms with Crippen LogP contribution in [-0.2, 0) is 75.8 Å². The fraction of sp³-hybridized carbons (Fsp3) is 0.462. The maximum atomic E-state index is 12.2. The van der Waals surface area contributed by atoms with E-state index in [4.69, 9.17) is 88.3 Å². The molecule has 1 aromatic carbocycles. The molecular weight excluding hydrogens is 1230 g/mol. The number of nitrogen functional groups attached to an aromatic ring is 4. The first-order valence-corrected chi connectivity index (χ1v) is 35.4. The number of aromatic nitrogens is 4. The quantitative estimate of drug-likeness (QED) is 0.0189. The zero-order chi connectivity index (χ0) is 66.8. The molecule has 0 aliphatic carbocycles. The van der Waals surface area contributed by atoms with Crippen LogP contribution in [0, 0.1) is 6.92 Å². The molecule has 88 heavy (non-hydrogen) atoms. The van der Waals surface area contributed by atoms with Gasteiger partial charge in [0.1, 0.15) is 43.9 Å². The Hall–Kier alpha value is -6.96. The van der Waals surface area contributed by atoms with E-state index < -0.39 is 50.8 Å². The summed E-state index contributed by atoms with van der Waals surface area (Å²) in [5.41, 5.74) is 47.5. The predicted octanol–water partition coefficient (Wildman–Crippen LogP) is 1.87. The van der Waals surface area contributed by atoms with Gasteiger partial charge in [0.05, 0.1) is 81.5 Å². The minimum atomic E-state index is -4.16. The average Bonchev–Trinajstić information content (AvgIpc) is 3.55. The summed E-state index contributed by atoms with van der Waals surface area (Å²) in [4.78, 5) is 58.9. The molecule has 21 N–H and O–H groups in total. The number of ether oxygens (including phenoxy) is 6. The molecule has 36 heteroatoms. The molecule has 0 radical (unpaired) electrons. The van der Waals surface area contributed by atoms with Crippen molar-refractivity contribution in [2.24, 2.45) is 32.9 Å². The summed E-state index contributed by atoms with van der Waals surface area (Å²) in [5, 5.41) is 5.44. The fourth-order valence-electron chi connectivity index (χ4n) is 6.70. The normalized spacial score (nSPS) is 14.9. The molecule has 0 saturated heterocycles. The van der Waals surface area contributed by atoms with E-state index in [9.17, 15) is 31.7 Å². The number of hydrogen-bond donors (Lipinski definition) is 13. The smallest absolute Gasteiger partial charge is 0.350 e. The number of nitrogens with two attached hydrogens (primary N) is 8. The van der Waals surface area contributed by atoms with Crippen LogP contribution in [0.4, 0.5) is 23.5 Å². The molecule has 494 valence electrons. The monoisotopic (exact) mass is 1320 g/mol. The van der Waals surface area contributed by atoms with E-state index in [1.807, 2.05) is 13.8 Å². The third-order valence-electron chi connectivity index (χ3n) is 10.7. The van der Waals surface area contributed by atoms with E-state index in [2.05, 4.69) is 61.9 Å². The van der Waals surface area contributed by atoms with Gasteiger partial charge >= 0.3 is 7.60 Å². The highest BCUT2D eigenvalue weighted by Crippen LogP contribution is 2.36. The summed E-state index contributed by atoms with van der Waals surface area (Å²) in [6.45, 7) is 26.8. The van der Waals surface area contributed by atoms with Gasteiger partial charge in [-0.25, -0.2) is 9.98 Å². The summed E-state index contributed by atoms with van der Waals surface area (Å²) >= 11 is 0. The third kappa shape index (κ3) is 32.3. The minimum absolute atomic E-state index is 0.0196. The molecule has 3 aromatic rings. The molecule has 2 aliphatic rings. The number of aliphatic imine (C=N–C) groups is 2. The number of aryl methyl sites for hydroxylation is 1. The second-order valence-corrected chi connectivity index (χ2v) is 29.4. The lowest BCUT2D eigenvalue weighted by atomic mass is 10.1. The highest BCUT2D eigenvalue weighted by atomic mass is 32.2. The van der Waals surface area contributed by atoms with Crippen molar-refractivity contribution in [1.82, 2.24) is 30.2 Å². The third-order valence-corrected chi connectivity index (χ3v) is 14.1. The van der Waals surface area contributed by atoms with Crippen molar-refractivity contribution < 1.29 is 64.5 Å². The Labute approximate surface area is 513 Å². The highest BCUT2D eigenvalue weighted by Gasteiger charge is 2.24. The Balaban J connectivity index is 0.000000555. The molecule has 0 spiro atoms. The van der Waals surface area contributed by atoms with Crippen LogP contribution >= 0.6 is 21.9 Å². The van der Waals surface area contributed by atoms with Crippen molar-refractivity contribution in [2.45, 2.75) is 63.4 Å². The van der Waals surface area contributed by atoms with Crippen LogP contribution in [0.15, 0.2) is 122 Å². The average molecular weight is 1320 g/mol. The minimum Gasteiger partial charge on any atom is -0.385 e. The first-order chi connectivity index (χ1) is 41.1. The van der Waals surface area contributed by atoms with Crippen LogP contribution in [0.5, 0.6) is 0 Å². The van der Waals surface area contributed by atoms with Crippen molar-refractivity contribution in [3.8, 4) is 0 Å². The van der Waals surface area contributed by atoms with Crippen LogP contribution in [-0.4, -0.2) is 161 Å². The number of nitrogens with zero attached hydrogens (tertiary/aromatic N) is 5. The molecule has 0 fully saturated rings. The lowest BCUT2D eigenvalue weighted by molar-refractivity contribution is 0.0286. The molecule has 5 rings (SSSR count). The molecule has 2 aliphatic heterocycles. The van der Waals surface area contributed by atoms with E-state index >= 15 is 0 Å². The lowest BCUT2D eigenvalue weighted by Gasteiger charge is -2.24. The predicted molar refractivity (Wildman–Crippen MR) is 344 cm³/mol. The Morgan fingerprint density at radius 2 is 1.07 bits per heavy atom. The first kappa shape index (κ1) is 79.1. The molecule has 2 aromatic heterocycles. The van der Waals surface area contributed by atoms with Crippen molar-refractivity contribution in [1.29, 1.82) is 0 Å². The van der Waals surface area contributed by atoms with Gasteiger partial charge < -0.3 is 104 Å². The number of allylic oxidation sites excluding steroid dienone is 4. The standard InChI is InChI=1S/C12H23N4O3P.C12H21N4O3P.C11H16O4S.C10H19N4O5P.C7H10N4O/c1-4-5-9-10(13)15-12(14)16-11(9)19-7-6-18-8-20(2,3)17;1-4-5-9-10(13)15-12(14)16(11(9)17)6-7-19-8-20(2,3)18;1-3-14-8-9-15-16(12,13)11-6-4-10(2)5-7-11;1-2-3-7-8(11)13-10(12)14-9(7)19-5-4-18-6-20(15,16)17;1-2-3-4-5(8)10-7(9)11-6(4)12/h4,11H,1,5-8,13H2,2-3H3,(H3,14,15,16);4H,1,5-8,13H2,2-3H3,(H2,14,15);4-7H,3,8-9H2,1-2H3;2,9H,1,3-6,11H2,(H3,12,13,14)(H2,15,16,17);2H,1,3H2,(H5,8,9,10,11,12). The van der Waals surface area contributed by atoms with Crippen molar-refractivity contribution in [2.75, 3.05) is 121 Å². The number of nitrogens with one attached hydrogen (secondary N) is 3. The van der Waals surface area contributed by atoms with Gasteiger partial charge in [0.15, 0.2) is 24.4 Å². The van der Waals surface area contributed by atoms with E-state index in [1.54, 1.807) is 63.1 Å². The number of aromatic amines is 1. The maximum Gasteiger partial charge on any atom is 0.350 e. The summed E-state index contributed by atoms with van der Waals surface area (Å²) in [6, 6.07) is 6.54. The second-order valence-electron chi connectivity index (χ2n) is 19.4. The zero-order valence-electron chi connectivity index (χ0n) is 50.6. The number of rotatable bonds is 31. The van der Waals surface area contributed by atoms with Gasteiger partial charge in [-0.3, -0.25) is 27.9 Å². The van der Waals surface area contributed by atoms with Gasteiger partial charge in [-0.05, 0) is 78.3 Å². The molecule has 0 bridgehead atoms. The molecule has 32 nitrogen and oxygen atoms in total. The highest BCUT2D eigenvalue weighted by molar-refractivity contribution is 7.86. The van der Waals surface area contributed by atoms with E-state index in [0.717, 1.165) is 11.1 Å². The summed E-state index contributed by atoms with van der Waals surface area (Å²) in [7, 11) is -12.2. The van der Waals surface area contributed by atoms with Gasteiger partial charge in [-0.1, -0.05) is 42.0 Å². The van der Waals surface area contributed by atoms with Crippen LogP contribution in [0.3, 0.4) is 0 Å². The van der Waals surface area contributed by atoms with Gasteiger partial charge in [-0.2, -0.15) is 18.4 Å². The Bertz CT molecular complexity index is 3190. The Kier molecular flexibility index (Phi) is 35.8. The van der Waals surface area contributed by atoms with Crippen LogP contribution in [0.1, 0.15) is 36.5 Å². The number of guanidine groups is 2. The number of hydrogen-bond acceptors (Lipinski definition) is 28. The van der Waals surface area contributed by atoms with Gasteiger partial charge in [0.25, 0.3) is 21.2 Å². The topological polar surface area (TPSA) is 528 Å². The largest absolute Gasteiger partial charge is 0.385 e. The maximum absolute atomic E-state index is 12.2. The second kappa shape index (κ2) is 39.8. The molecular formula is C52H89N16O16P3S. The van der Waals surface area contributed by atoms with Gasteiger partial charge in [-0.15, -0.1) is 26.3 Å². The zero-order valence-corrected chi connectivity index (χ0v) is 54.1. The van der Waals surface area contributed by atoms with Crippen molar-refractivity contribution in [3.05, 3.63) is 135 Å². The molecule has 2 atom stereocenters. The number of H-pyrrole nitrogens is 1. The van der Waals surface area contributed by atoms with E-state index in [1.165, 1.54) is 16.7 Å². The van der Waals surface area contributed by atoms with Crippen molar-refractivity contribution >= 4 is 67.4 Å². The van der Waals surface area contributed by atoms with E-state index in [0.29, 0.717) is 73.8 Å². The molecule has 0 amide bonds. The first-order valence-electron chi connectivity index (χ1n) is 26.7. The summed E-state index contributed by atoms with van der Waals surface area (Å²) < 4.78 is 94.2. The molecule has 0 saturated carbocycles. The van der Waals surface area contributed by atoms with Gasteiger partial charge in [0.2, 0.25) is 11.9 Å². The summed E-state index contributed by atoms with van der Waals surface area (Å²) in [6.07, 6.45) is 6.87. The SMILES string of the molecule is C=CCC1=C(N)NC(N)=NC1OCCOCP(=O)(O)O.C=CCC1=C(N)NC(N)=NC1OCCOCP(C)(C)=O.C=CCc1c(N)nc(N)[nH]c1=O.C=CCc1c(N)nc(N)n(CCOCP(C)(C)=O)c1=O.CCOCCOS(=O)(=O)c1ccc(C)cc1. The Morgan fingerprint density at radius 1 is 0.625 bits per heavy atom. The van der Waals surface area contributed by atoms with Crippen LogP contribution < -0.4 is 67.6 Å². The van der Waals surface area contributed by atoms with Crippen molar-refractivity contribution in [3.63, 3.8) is 0 Å². The molecule has 4 heterocycles. The fourth-order valence-corrected chi connectivity index (χ4v) is 9.10. The van der Waals surface area contributed by atoms with Crippen LogP contribution in [0.2, 0.25) is 0 Å². The van der Waals surface area contributed by atoms with Crippen LogP contribution in [0.25, 0.3) is 0 Å². The number of anilines is 4. The summed E-state index contributed by atoms with van der Waals surface area (Å²) in [5.74, 6) is 1.51. The number of benzene rings is 1. The Morgan fingerprint density at radius 3 is 1.51 bits per heavy atom.